The van der Waals surface area contributed by atoms with E-state index < -0.39 is 0 Å². The first kappa shape index (κ1) is 11.6. The average Bonchev–Trinajstić information content (AvgIpc) is 2.68. The second-order valence-electron chi connectivity index (χ2n) is 4.38. The predicted molar refractivity (Wildman–Crippen MR) is 60.6 cm³/mol. The average molecular weight is 236 g/mol. The van der Waals surface area contributed by atoms with Gasteiger partial charge >= 0.3 is 0 Å². The number of carbonyl (C=O) groups excluding carboxylic acids is 2. The van der Waals surface area contributed by atoms with Gasteiger partial charge in [0.25, 0.3) is 0 Å². The van der Waals surface area contributed by atoms with Crippen molar-refractivity contribution in [3.63, 3.8) is 0 Å². The molecule has 1 aromatic rings. The first-order valence-electron chi connectivity index (χ1n) is 5.55. The lowest BCUT2D eigenvalue weighted by Gasteiger charge is -2.37. The number of aryl methyl sites for hydroxylation is 1. The van der Waals surface area contributed by atoms with Crippen molar-refractivity contribution in [2.24, 2.45) is 18.7 Å². The first-order valence-corrected chi connectivity index (χ1v) is 5.55. The van der Waals surface area contributed by atoms with E-state index in [4.69, 9.17) is 5.73 Å². The third kappa shape index (κ3) is 1.90. The highest BCUT2D eigenvalue weighted by Gasteiger charge is 2.39. The molecule has 1 aliphatic heterocycles. The number of hydrogen-bond acceptors (Lipinski definition) is 3. The van der Waals surface area contributed by atoms with Gasteiger partial charge in [-0.25, -0.2) is 0 Å². The van der Waals surface area contributed by atoms with Gasteiger partial charge in [0.05, 0.1) is 17.7 Å². The van der Waals surface area contributed by atoms with Gasteiger partial charge in [-0.2, -0.15) is 5.10 Å². The van der Waals surface area contributed by atoms with E-state index in [0.717, 1.165) is 5.69 Å². The topological polar surface area (TPSA) is 81.2 Å². The van der Waals surface area contributed by atoms with Crippen molar-refractivity contribution in [2.75, 3.05) is 7.05 Å². The van der Waals surface area contributed by atoms with Crippen LogP contribution in [0, 0.1) is 5.92 Å². The summed E-state index contributed by atoms with van der Waals surface area (Å²) in [6.45, 7) is 0. The minimum Gasteiger partial charge on any atom is -0.369 e. The Bertz CT molecular complexity index is 454. The van der Waals surface area contributed by atoms with E-state index in [1.54, 1.807) is 29.9 Å². The molecular formula is C11H16N4O2. The number of carbonyl (C=O) groups is 2. The van der Waals surface area contributed by atoms with E-state index in [1.807, 2.05) is 6.07 Å². The zero-order chi connectivity index (χ0) is 12.6. The molecule has 2 N–H and O–H groups in total. The number of hydrogen-bond donors (Lipinski definition) is 1. The SMILES string of the molecule is CN1C(=O)CC[C@@H](C(N)=O)[C@H]1c1ccnn1C. The highest BCUT2D eigenvalue weighted by atomic mass is 16.2. The predicted octanol–water partition coefficient (Wildman–Crippen LogP) is -0.185. The lowest BCUT2D eigenvalue weighted by molar-refractivity contribution is -0.140. The van der Waals surface area contributed by atoms with Crippen LogP contribution in [0.2, 0.25) is 0 Å². The van der Waals surface area contributed by atoms with Crippen molar-refractivity contribution in [1.82, 2.24) is 14.7 Å². The van der Waals surface area contributed by atoms with E-state index in [1.165, 1.54) is 0 Å². The van der Waals surface area contributed by atoms with E-state index in [9.17, 15) is 9.59 Å². The van der Waals surface area contributed by atoms with Gasteiger partial charge in [-0.15, -0.1) is 0 Å². The monoisotopic (exact) mass is 236 g/mol. The van der Waals surface area contributed by atoms with E-state index in [0.29, 0.717) is 12.8 Å². The summed E-state index contributed by atoms with van der Waals surface area (Å²) in [5.74, 6) is -0.669. The van der Waals surface area contributed by atoms with Gasteiger partial charge < -0.3 is 10.6 Å². The van der Waals surface area contributed by atoms with Gasteiger partial charge in [0.2, 0.25) is 11.8 Å². The van der Waals surface area contributed by atoms with Crippen LogP contribution in [0.4, 0.5) is 0 Å². The third-order valence-electron chi connectivity index (χ3n) is 3.39. The summed E-state index contributed by atoms with van der Waals surface area (Å²) < 4.78 is 1.68. The minimum absolute atomic E-state index is 0.0358. The summed E-state index contributed by atoms with van der Waals surface area (Å²) in [7, 11) is 3.50. The van der Waals surface area contributed by atoms with Gasteiger partial charge in [0.1, 0.15) is 0 Å². The number of rotatable bonds is 2. The molecule has 0 aromatic carbocycles. The van der Waals surface area contributed by atoms with Crippen LogP contribution in [0.25, 0.3) is 0 Å². The van der Waals surface area contributed by atoms with Gasteiger partial charge in [0.15, 0.2) is 0 Å². The first-order chi connectivity index (χ1) is 8.02. The Kier molecular flexibility index (Phi) is 2.87. The van der Waals surface area contributed by atoms with Gasteiger partial charge in [0, 0.05) is 26.7 Å². The highest BCUT2D eigenvalue weighted by molar-refractivity contribution is 5.83. The van der Waals surface area contributed by atoms with Crippen molar-refractivity contribution < 1.29 is 9.59 Å². The summed E-state index contributed by atoms with van der Waals surface area (Å²) in [4.78, 5) is 24.8. The van der Waals surface area contributed by atoms with Crippen molar-refractivity contribution in [3.8, 4) is 0 Å². The summed E-state index contributed by atoms with van der Waals surface area (Å²) >= 11 is 0. The Labute approximate surface area is 99.4 Å². The fraction of sp³-hybridized carbons (Fsp3) is 0.545. The van der Waals surface area contributed by atoms with Gasteiger partial charge in [-0.05, 0) is 12.5 Å². The van der Waals surface area contributed by atoms with Crippen molar-refractivity contribution >= 4 is 11.8 Å². The van der Waals surface area contributed by atoms with Crippen LogP contribution in [-0.4, -0.2) is 33.5 Å². The van der Waals surface area contributed by atoms with Crippen LogP contribution in [0.3, 0.4) is 0 Å². The second kappa shape index (κ2) is 4.20. The molecule has 1 saturated heterocycles. The Morgan fingerprint density at radius 1 is 1.53 bits per heavy atom. The van der Waals surface area contributed by atoms with E-state index >= 15 is 0 Å². The van der Waals surface area contributed by atoms with Crippen LogP contribution in [0.5, 0.6) is 0 Å². The second-order valence-corrected chi connectivity index (χ2v) is 4.38. The number of primary amides is 1. The normalized spacial score (nSPS) is 25.1. The molecule has 2 rings (SSSR count). The number of nitrogens with two attached hydrogens (primary N) is 1. The summed E-state index contributed by atoms with van der Waals surface area (Å²) in [6, 6.07) is 1.51. The molecule has 0 saturated carbocycles. The molecule has 1 aromatic heterocycles. The van der Waals surface area contributed by atoms with E-state index in [2.05, 4.69) is 5.10 Å². The molecule has 2 heterocycles. The molecule has 0 unspecified atom stereocenters. The Morgan fingerprint density at radius 3 is 2.76 bits per heavy atom. The molecular weight excluding hydrogens is 220 g/mol. The summed E-state index contributed by atoms with van der Waals surface area (Å²) in [5.41, 5.74) is 6.25. The smallest absolute Gasteiger partial charge is 0.223 e. The fourth-order valence-electron chi connectivity index (χ4n) is 2.41. The maximum Gasteiger partial charge on any atom is 0.223 e. The molecule has 92 valence electrons. The van der Waals surface area contributed by atoms with Crippen molar-refractivity contribution in [3.05, 3.63) is 18.0 Å². The Morgan fingerprint density at radius 2 is 2.24 bits per heavy atom. The zero-order valence-electron chi connectivity index (χ0n) is 9.96. The number of aromatic nitrogens is 2. The van der Waals surface area contributed by atoms with Crippen LogP contribution in [0.1, 0.15) is 24.6 Å². The molecule has 1 fully saturated rings. The van der Waals surface area contributed by atoms with Crippen molar-refractivity contribution in [2.45, 2.75) is 18.9 Å². The molecule has 2 amide bonds. The fourth-order valence-corrected chi connectivity index (χ4v) is 2.41. The molecule has 2 atom stereocenters. The largest absolute Gasteiger partial charge is 0.369 e. The quantitative estimate of drug-likeness (QED) is 0.773. The molecule has 6 heteroatoms. The number of amides is 2. The van der Waals surface area contributed by atoms with Crippen molar-refractivity contribution in [1.29, 1.82) is 0 Å². The minimum atomic E-state index is -0.365. The standard InChI is InChI=1S/C11H16N4O2/c1-14-9(16)4-3-7(11(12)17)10(14)8-5-6-13-15(8)2/h5-7,10H,3-4H2,1-2H3,(H2,12,17)/t7-,10+/m1/s1. The van der Waals surface area contributed by atoms with E-state index in [-0.39, 0.29) is 23.8 Å². The summed E-state index contributed by atoms with van der Waals surface area (Å²) in [6.07, 6.45) is 2.53. The maximum absolute atomic E-state index is 11.7. The molecule has 0 spiro atoms. The van der Waals surface area contributed by atoms with Crippen LogP contribution in [-0.2, 0) is 16.6 Å². The zero-order valence-corrected chi connectivity index (χ0v) is 9.96. The Hall–Kier alpha value is -1.85. The van der Waals surface area contributed by atoms with Gasteiger partial charge in [-0.1, -0.05) is 0 Å². The lowest BCUT2D eigenvalue weighted by Crippen LogP contribution is -2.45. The van der Waals surface area contributed by atoms with Crippen LogP contribution >= 0.6 is 0 Å². The molecule has 6 nitrogen and oxygen atoms in total. The molecule has 17 heavy (non-hydrogen) atoms. The maximum atomic E-state index is 11.7. The number of likely N-dealkylation sites (tertiary alicyclic amines) is 1. The number of nitrogens with zero attached hydrogens (tertiary/aromatic N) is 3. The molecule has 0 aliphatic carbocycles. The van der Waals surface area contributed by atoms with Crippen LogP contribution in [0.15, 0.2) is 12.3 Å². The summed E-state index contributed by atoms with van der Waals surface area (Å²) in [5, 5.41) is 4.07. The highest BCUT2D eigenvalue weighted by Crippen LogP contribution is 2.34. The third-order valence-corrected chi connectivity index (χ3v) is 3.39. The molecule has 1 aliphatic rings. The molecule has 0 radical (unpaired) electrons. The Balaban J connectivity index is 2.40. The lowest BCUT2D eigenvalue weighted by atomic mass is 9.86. The number of piperidine rings is 1. The van der Waals surface area contributed by atoms with Gasteiger partial charge in [-0.3, -0.25) is 14.3 Å². The van der Waals surface area contributed by atoms with Crippen LogP contribution < -0.4 is 5.73 Å². The molecule has 0 bridgehead atoms.